The number of benzene rings is 1. The summed E-state index contributed by atoms with van der Waals surface area (Å²) in [7, 11) is -1.88. The van der Waals surface area contributed by atoms with Crippen LogP contribution in [0.15, 0.2) is 40.2 Å². The molecule has 3 nitrogen and oxygen atoms in total. The van der Waals surface area contributed by atoms with Gasteiger partial charge in [0.05, 0.1) is 4.90 Å². The van der Waals surface area contributed by atoms with Crippen LogP contribution in [0.5, 0.6) is 0 Å². The topological polar surface area (TPSA) is 37.4 Å². The van der Waals surface area contributed by atoms with E-state index in [0.29, 0.717) is 9.38 Å². The highest BCUT2D eigenvalue weighted by molar-refractivity contribution is 9.11. The van der Waals surface area contributed by atoms with Crippen LogP contribution in [0.3, 0.4) is 0 Å². The highest BCUT2D eigenvalue weighted by atomic mass is 79.9. The highest BCUT2D eigenvalue weighted by Gasteiger charge is 2.20. The Morgan fingerprint density at radius 1 is 1.38 bits per heavy atom. The molecule has 0 atom stereocenters. The lowest BCUT2D eigenvalue weighted by Crippen LogP contribution is -2.27. The molecule has 0 aliphatic rings. The van der Waals surface area contributed by atoms with Crippen LogP contribution in [0.25, 0.3) is 0 Å². The molecule has 0 saturated heterocycles. The molecule has 0 spiro atoms. The van der Waals surface area contributed by atoms with E-state index in [2.05, 4.69) is 22.5 Å². The van der Waals surface area contributed by atoms with E-state index in [1.54, 1.807) is 24.3 Å². The zero-order valence-electron chi connectivity index (χ0n) is 9.27. The predicted molar refractivity (Wildman–Crippen MR) is 69.1 cm³/mol. The summed E-state index contributed by atoms with van der Waals surface area (Å²) < 4.78 is 26.0. The smallest absolute Gasteiger partial charge is 0.207 e. The molecule has 1 aromatic rings. The molecule has 0 heterocycles. The standard InChI is InChI=1S/C11H14BrNO2S/c1-9-4-6-11(7-5-9)16(14,15)13(3)8-10(2)12/h4-7H,2,8H2,1,3H3. The van der Waals surface area contributed by atoms with Gasteiger partial charge in [-0.3, -0.25) is 0 Å². The van der Waals surface area contributed by atoms with Gasteiger partial charge in [-0.1, -0.05) is 40.2 Å². The van der Waals surface area contributed by atoms with E-state index < -0.39 is 10.0 Å². The Kier molecular flexibility index (Phi) is 4.29. The molecule has 5 heteroatoms. The third-order valence-electron chi connectivity index (χ3n) is 2.12. The number of hydrogen-bond acceptors (Lipinski definition) is 2. The first kappa shape index (κ1) is 13.4. The molecule has 1 rings (SSSR count). The van der Waals surface area contributed by atoms with E-state index in [1.165, 1.54) is 11.4 Å². The van der Waals surface area contributed by atoms with Crippen molar-refractivity contribution in [2.24, 2.45) is 0 Å². The van der Waals surface area contributed by atoms with Crippen molar-refractivity contribution >= 4 is 26.0 Å². The van der Waals surface area contributed by atoms with E-state index in [0.717, 1.165) is 5.56 Å². The molecular weight excluding hydrogens is 290 g/mol. The van der Waals surface area contributed by atoms with Crippen LogP contribution in [0.2, 0.25) is 0 Å². The van der Waals surface area contributed by atoms with E-state index in [1.807, 2.05) is 6.92 Å². The average Bonchev–Trinajstić information content (AvgIpc) is 2.17. The summed E-state index contributed by atoms with van der Waals surface area (Å²) in [5.41, 5.74) is 1.03. The first-order valence-electron chi connectivity index (χ1n) is 4.70. The number of sulfonamides is 1. The summed E-state index contributed by atoms with van der Waals surface area (Å²) in [6.45, 7) is 5.80. The summed E-state index contributed by atoms with van der Waals surface area (Å²) in [4.78, 5) is 0.300. The molecule has 0 fully saturated rings. The molecule has 1 aromatic carbocycles. The van der Waals surface area contributed by atoms with E-state index >= 15 is 0 Å². The Morgan fingerprint density at radius 3 is 2.31 bits per heavy atom. The second-order valence-electron chi connectivity index (χ2n) is 3.59. The quantitative estimate of drug-likeness (QED) is 0.857. The van der Waals surface area contributed by atoms with Crippen LogP contribution in [-0.4, -0.2) is 26.3 Å². The largest absolute Gasteiger partial charge is 0.243 e. The number of nitrogens with zero attached hydrogens (tertiary/aromatic N) is 1. The van der Waals surface area contributed by atoms with Gasteiger partial charge in [-0.25, -0.2) is 8.42 Å². The number of halogens is 1. The molecule has 0 aliphatic carbocycles. The van der Waals surface area contributed by atoms with Gasteiger partial charge in [-0.2, -0.15) is 4.31 Å². The van der Waals surface area contributed by atoms with Crippen LogP contribution in [0, 0.1) is 6.92 Å². The van der Waals surface area contributed by atoms with Gasteiger partial charge in [0, 0.05) is 18.1 Å². The second kappa shape index (κ2) is 5.12. The molecule has 0 aromatic heterocycles. The maximum absolute atomic E-state index is 12.0. The maximum Gasteiger partial charge on any atom is 0.243 e. The molecule has 0 amide bonds. The van der Waals surface area contributed by atoms with Gasteiger partial charge in [-0.15, -0.1) is 0 Å². The predicted octanol–water partition coefficient (Wildman–Crippen LogP) is 2.52. The van der Waals surface area contributed by atoms with Crippen molar-refractivity contribution in [3.05, 3.63) is 40.9 Å². The van der Waals surface area contributed by atoms with Crippen molar-refractivity contribution in [3.8, 4) is 0 Å². The molecular formula is C11H14BrNO2S. The first-order chi connectivity index (χ1) is 7.34. The maximum atomic E-state index is 12.0. The summed E-state index contributed by atoms with van der Waals surface area (Å²) >= 11 is 3.15. The van der Waals surface area contributed by atoms with Crippen molar-refractivity contribution in [2.45, 2.75) is 11.8 Å². The van der Waals surface area contributed by atoms with Crippen molar-refractivity contribution in [1.82, 2.24) is 4.31 Å². The van der Waals surface area contributed by atoms with Gasteiger partial charge < -0.3 is 0 Å². The molecule has 16 heavy (non-hydrogen) atoms. The van der Waals surface area contributed by atoms with Crippen molar-refractivity contribution in [3.63, 3.8) is 0 Å². The Labute approximate surface area is 105 Å². The van der Waals surface area contributed by atoms with Gasteiger partial charge in [0.15, 0.2) is 0 Å². The number of hydrogen-bond donors (Lipinski definition) is 0. The molecule has 0 saturated carbocycles. The van der Waals surface area contributed by atoms with Gasteiger partial charge in [0.2, 0.25) is 10.0 Å². The van der Waals surface area contributed by atoms with E-state index in [9.17, 15) is 8.42 Å². The van der Waals surface area contributed by atoms with Crippen molar-refractivity contribution in [2.75, 3.05) is 13.6 Å². The van der Waals surface area contributed by atoms with Crippen LogP contribution < -0.4 is 0 Å². The van der Waals surface area contributed by atoms with E-state index in [-0.39, 0.29) is 6.54 Å². The second-order valence-corrected chi connectivity index (χ2v) is 6.76. The number of rotatable bonds is 4. The van der Waals surface area contributed by atoms with Crippen LogP contribution in [0.1, 0.15) is 5.56 Å². The van der Waals surface area contributed by atoms with E-state index in [4.69, 9.17) is 0 Å². The Bertz CT molecular complexity index is 479. The summed E-state index contributed by atoms with van der Waals surface area (Å²) in [6, 6.07) is 6.78. The minimum Gasteiger partial charge on any atom is -0.207 e. The van der Waals surface area contributed by atoms with Gasteiger partial charge >= 0.3 is 0 Å². The monoisotopic (exact) mass is 303 g/mol. The lowest BCUT2D eigenvalue weighted by Gasteiger charge is -2.16. The molecule has 0 N–H and O–H groups in total. The fourth-order valence-corrected chi connectivity index (χ4v) is 2.92. The third kappa shape index (κ3) is 3.17. The summed E-state index contributed by atoms with van der Waals surface area (Å²) in [5, 5.41) is 0. The van der Waals surface area contributed by atoms with Gasteiger partial charge in [0.1, 0.15) is 0 Å². The van der Waals surface area contributed by atoms with Crippen molar-refractivity contribution in [1.29, 1.82) is 0 Å². The molecule has 0 unspecified atom stereocenters. The van der Waals surface area contributed by atoms with Gasteiger partial charge in [0.25, 0.3) is 0 Å². The fraction of sp³-hybridized carbons (Fsp3) is 0.273. The lowest BCUT2D eigenvalue weighted by atomic mass is 10.2. The Balaban J connectivity index is 3.02. The summed E-state index contributed by atoms with van der Waals surface area (Å²) in [5.74, 6) is 0. The Hall–Kier alpha value is -0.650. The number of likely N-dealkylation sites (N-methyl/N-ethyl adjacent to an activating group) is 1. The average molecular weight is 304 g/mol. The SMILES string of the molecule is C=C(Br)CN(C)S(=O)(=O)c1ccc(C)cc1. The zero-order valence-corrected chi connectivity index (χ0v) is 11.7. The minimum absolute atomic E-state index is 0.260. The fourth-order valence-electron chi connectivity index (χ4n) is 1.22. The zero-order chi connectivity index (χ0) is 12.3. The van der Waals surface area contributed by atoms with Crippen LogP contribution in [0.4, 0.5) is 0 Å². The number of aryl methyl sites for hydroxylation is 1. The highest BCUT2D eigenvalue weighted by Crippen LogP contribution is 2.16. The molecule has 88 valence electrons. The first-order valence-corrected chi connectivity index (χ1v) is 6.93. The third-order valence-corrected chi connectivity index (χ3v) is 4.19. The van der Waals surface area contributed by atoms with Crippen LogP contribution >= 0.6 is 15.9 Å². The molecule has 0 bridgehead atoms. The Morgan fingerprint density at radius 2 is 1.88 bits per heavy atom. The normalized spacial score (nSPS) is 11.8. The molecule has 0 radical (unpaired) electrons. The minimum atomic E-state index is -3.41. The molecule has 0 aliphatic heterocycles. The van der Waals surface area contributed by atoms with Crippen molar-refractivity contribution < 1.29 is 8.42 Å². The lowest BCUT2D eigenvalue weighted by molar-refractivity contribution is 0.498. The summed E-state index contributed by atoms with van der Waals surface area (Å²) in [6.07, 6.45) is 0. The van der Waals surface area contributed by atoms with Gasteiger partial charge in [-0.05, 0) is 19.1 Å². The van der Waals surface area contributed by atoms with Crippen LogP contribution in [-0.2, 0) is 10.0 Å².